The molecule has 0 bridgehead atoms. The number of anilines is 2. The summed E-state index contributed by atoms with van der Waals surface area (Å²) in [6.07, 6.45) is -9.46. The van der Waals surface area contributed by atoms with Crippen LogP contribution in [0, 0.1) is 10.1 Å². The summed E-state index contributed by atoms with van der Waals surface area (Å²) >= 11 is 0. The second kappa shape index (κ2) is 7.49. The van der Waals surface area contributed by atoms with Crippen LogP contribution in [-0.2, 0) is 12.4 Å². The van der Waals surface area contributed by atoms with E-state index in [1.807, 2.05) is 0 Å². The summed E-state index contributed by atoms with van der Waals surface area (Å²) in [4.78, 5) is 13.7. The molecule has 0 aliphatic carbocycles. The van der Waals surface area contributed by atoms with Gasteiger partial charge in [0.2, 0.25) is 0 Å². The number of benzene rings is 1. The quantitative estimate of drug-likeness (QED) is 0.335. The highest BCUT2D eigenvalue weighted by molar-refractivity contribution is 5.65. The van der Waals surface area contributed by atoms with E-state index in [2.05, 4.69) is 15.3 Å². The van der Waals surface area contributed by atoms with Gasteiger partial charge in [-0.2, -0.15) is 30.9 Å². The lowest BCUT2D eigenvalue weighted by Crippen LogP contribution is -2.47. The molecule has 1 aliphatic heterocycles. The van der Waals surface area contributed by atoms with E-state index in [9.17, 15) is 36.5 Å². The second-order valence-corrected chi connectivity index (χ2v) is 6.92. The summed E-state index contributed by atoms with van der Waals surface area (Å²) in [6, 6.07) is 5.11. The zero-order valence-corrected chi connectivity index (χ0v) is 15.9. The highest BCUT2D eigenvalue weighted by Gasteiger charge is 2.38. The van der Waals surface area contributed by atoms with Crippen molar-refractivity contribution < 1.29 is 31.3 Å². The van der Waals surface area contributed by atoms with Crippen LogP contribution in [0.1, 0.15) is 11.4 Å². The first-order valence-corrected chi connectivity index (χ1v) is 9.10. The van der Waals surface area contributed by atoms with E-state index in [1.54, 1.807) is 9.80 Å². The van der Waals surface area contributed by atoms with Crippen LogP contribution in [0.3, 0.4) is 0 Å². The van der Waals surface area contributed by atoms with Crippen LogP contribution in [0.4, 0.5) is 43.5 Å². The van der Waals surface area contributed by atoms with Crippen molar-refractivity contribution in [1.29, 1.82) is 0 Å². The molecule has 0 spiro atoms. The van der Waals surface area contributed by atoms with Crippen LogP contribution >= 0.6 is 0 Å². The minimum Gasteiger partial charge on any atom is -0.362 e. The Hall–Kier alpha value is -3.65. The SMILES string of the molecule is O=[N+]([O-])c1cc(C(F)(F)F)ccc1N1CCN(c2ccc3nnc(C(F)(F)F)n3n2)CC1. The number of nitro benzene ring substituents is 1. The summed E-state index contributed by atoms with van der Waals surface area (Å²) in [7, 11) is 0. The third-order valence-electron chi connectivity index (χ3n) is 4.95. The molecule has 3 aromatic rings. The maximum Gasteiger partial charge on any atom is 0.453 e. The molecule has 4 rings (SSSR count). The predicted octanol–water partition coefficient (Wildman–Crippen LogP) is 3.40. The van der Waals surface area contributed by atoms with Crippen molar-refractivity contribution in [3.05, 3.63) is 51.8 Å². The zero-order chi connectivity index (χ0) is 23.3. The Kier molecular flexibility index (Phi) is 5.05. The first-order chi connectivity index (χ1) is 14.9. The number of rotatable bonds is 3. The van der Waals surface area contributed by atoms with E-state index in [0.717, 1.165) is 12.1 Å². The maximum absolute atomic E-state index is 13.1. The van der Waals surface area contributed by atoms with E-state index in [0.29, 0.717) is 10.6 Å². The molecule has 3 heterocycles. The lowest BCUT2D eigenvalue weighted by atomic mass is 10.1. The average molecular weight is 461 g/mol. The molecule has 1 aliphatic rings. The van der Waals surface area contributed by atoms with Gasteiger partial charge in [0.25, 0.3) is 11.5 Å². The third-order valence-corrected chi connectivity index (χ3v) is 4.95. The fraction of sp³-hybridized carbons (Fsp3) is 0.353. The van der Waals surface area contributed by atoms with Crippen LogP contribution in [0.25, 0.3) is 5.65 Å². The molecule has 9 nitrogen and oxygen atoms in total. The van der Waals surface area contributed by atoms with E-state index < -0.39 is 34.4 Å². The number of halogens is 6. The smallest absolute Gasteiger partial charge is 0.362 e. The van der Waals surface area contributed by atoms with Gasteiger partial charge >= 0.3 is 12.4 Å². The van der Waals surface area contributed by atoms with Gasteiger partial charge in [0, 0.05) is 32.2 Å². The molecule has 15 heteroatoms. The standard InChI is InChI=1S/C17H13F6N7O2/c18-16(19,20)10-1-2-11(12(9-10)30(31)32)27-5-7-28(8-6-27)14-4-3-13-24-25-15(17(21,22)23)29(13)26-14/h1-4,9H,5-8H2. The monoisotopic (exact) mass is 461 g/mol. The fourth-order valence-electron chi connectivity index (χ4n) is 3.41. The Morgan fingerprint density at radius 2 is 1.53 bits per heavy atom. The molecule has 0 radical (unpaired) electrons. The van der Waals surface area contributed by atoms with Crippen molar-refractivity contribution in [3.8, 4) is 0 Å². The van der Waals surface area contributed by atoms with Gasteiger partial charge in [0.1, 0.15) is 11.5 Å². The summed E-state index contributed by atoms with van der Waals surface area (Å²) in [6.45, 7) is 0.806. The number of fused-ring (bicyclic) bond motifs is 1. The highest BCUT2D eigenvalue weighted by atomic mass is 19.4. The second-order valence-electron chi connectivity index (χ2n) is 6.92. The molecule has 0 saturated carbocycles. The Balaban J connectivity index is 1.55. The van der Waals surface area contributed by atoms with Crippen molar-refractivity contribution in [2.45, 2.75) is 12.4 Å². The van der Waals surface area contributed by atoms with Crippen LogP contribution in [0.5, 0.6) is 0 Å². The van der Waals surface area contributed by atoms with Crippen LogP contribution in [0.2, 0.25) is 0 Å². The number of alkyl halides is 6. The van der Waals surface area contributed by atoms with Crippen LogP contribution in [-0.4, -0.2) is 50.9 Å². The van der Waals surface area contributed by atoms with Crippen molar-refractivity contribution >= 4 is 22.8 Å². The van der Waals surface area contributed by atoms with Crippen molar-refractivity contribution in [2.75, 3.05) is 36.0 Å². The number of nitro groups is 1. The van der Waals surface area contributed by atoms with Crippen molar-refractivity contribution in [2.24, 2.45) is 0 Å². The summed E-state index contributed by atoms with van der Waals surface area (Å²) < 4.78 is 78.5. The van der Waals surface area contributed by atoms with E-state index in [1.165, 1.54) is 12.1 Å². The molecule has 1 aromatic carbocycles. The molecule has 0 N–H and O–H groups in total. The lowest BCUT2D eigenvalue weighted by molar-refractivity contribution is -0.384. The fourth-order valence-corrected chi connectivity index (χ4v) is 3.41. The highest BCUT2D eigenvalue weighted by Crippen LogP contribution is 2.37. The van der Waals surface area contributed by atoms with Crippen LogP contribution in [0.15, 0.2) is 30.3 Å². The average Bonchev–Trinajstić information content (AvgIpc) is 3.16. The van der Waals surface area contributed by atoms with Gasteiger partial charge in [-0.1, -0.05) is 0 Å². The van der Waals surface area contributed by atoms with Crippen molar-refractivity contribution in [1.82, 2.24) is 19.8 Å². The van der Waals surface area contributed by atoms with E-state index in [4.69, 9.17) is 0 Å². The molecule has 0 unspecified atom stereocenters. The summed E-state index contributed by atoms with van der Waals surface area (Å²) in [5, 5.41) is 21.8. The predicted molar refractivity (Wildman–Crippen MR) is 98.3 cm³/mol. The number of piperazine rings is 1. The molecule has 0 amide bonds. The summed E-state index contributed by atoms with van der Waals surface area (Å²) in [5.74, 6) is -1.06. The van der Waals surface area contributed by atoms with E-state index in [-0.39, 0.29) is 43.3 Å². The maximum atomic E-state index is 13.1. The third kappa shape index (κ3) is 3.97. The minimum absolute atomic E-state index is 0.0317. The molecule has 32 heavy (non-hydrogen) atoms. The first kappa shape index (κ1) is 21.6. The van der Waals surface area contributed by atoms with Gasteiger partial charge in [-0.3, -0.25) is 10.1 Å². The normalized spacial score (nSPS) is 15.4. The molecule has 170 valence electrons. The Labute approximate surface area is 175 Å². The Morgan fingerprint density at radius 3 is 2.12 bits per heavy atom. The number of aromatic nitrogens is 4. The lowest BCUT2D eigenvalue weighted by Gasteiger charge is -2.36. The molecule has 1 fully saturated rings. The number of nitrogens with zero attached hydrogens (tertiary/aromatic N) is 7. The van der Waals surface area contributed by atoms with Crippen LogP contribution < -0.4 is 9.80 Å². The van der Waals surface area contributed by atoms with Gasteiger partial charge in [-0.15, -0.1) is 15.3 Å². The van der Waals surface area contributed by atoms with Gasteiger partial charge in [0.15, 0.2) is 5.65 Å². The molecular formula is C17H13F6N7O2. The van der Waals surface area contributed by atoms with Gasteiger partial charge in [-0.25, -0.2) is 0 Å². The first-order valence-electron chi connectivity index (χ1n) is 9.10. The van der Waals surface area contributed by atoms with Gasteiger partial charge in [-0.05, 0) is 24.3 Å². The Morgan fingerprint density at radius 1 is 0.875 bits per heavy atom. The largest absolute Gasteiger partial charge is 0.453 e. The minimum atomic E-state index is -4.74. The van der Waals surface area contributed by atoms with Gasteiger partial charge < -0.3 is 9.80 Å². The topological polar surface area (TPSA) is 92.7 Å². The number of hydrogen-bond acceptors (Lipinski definition) is 7. The molecule has 1 saturated heterocycles. The van der Waals surface area contributed by atoms with E-state index >= 15 is 0 Å². The number of hydrogen-bond donors (Lipinski definition) is 0. The molecule has 0 atom stereocenters. The van der Waals surface area contributed by atoms with Crippen molar-refractivity contribution in [3.63, 3.8) is 0 Å². The van der Waals surface area contributed by atoms with Gasteiger partial charge in [0.05, 0.1) is 10.5 Å². The Bertz CT molecular complexity index is 1170. The summed E-state index contributed by atoms with van der Waals surface area (Å²) in [5.41, 5.74) is -1.85. The molecule has 2 aromatic heterocycles. The molecular weight excluding hydrogens is 448 g/mol. The zero-order valence-electron chi connectivity index (χ0n) is 15.9.